The maximum atomic E-state index is 12.5. The predicted molar refractivity (Wildman–Crippen MR) is 99.0 cm³/mol. The van der Waals surface area contributed by atoms with E-state index in [-0.39, 0.29) is 31.1 Å². The first-order chi connectivity index (χ1) is 12.9. The van der Waals surface area contributed by atoms with Gasteiger partial charge in [-0.25, -0.2) is 4.79 Å². The van der Waals surface area contributed by atoms with Crippen molar-refractivity contribution in [1.29, 1.82) is 0 Å². The molecule has 1 saturated heterocycles. The van der Waals surface area contributed by atoms with Crippen molar-refractivity contribution >= 4 is 46.9 Å². The van der Waals surface area contributed by atoms with Gasteiger partial charge in [0.05, 0.1) is 6.42 Å². The lowest BCUT2D eigenvalue weighted by Gasteiger charge is -2.49. The van der Waals surface area contributed by atoms with Gasteiger partial charge >= 0.3 is 11.9 Å². The van der Waals surface area contributed by atoms with Gasteiger partial charge in [-0.15, -0.1) is 23.1 Å². The number of thiophene rings is 1. The smallest absolute Gasteiger partial charge is 0.352 e. The molecule has 0 aliphatic carbocycles. The molecule has 0 radical (unpaired) electrons. The van der Waals surface area contributed by atoms with Crippen LogP contribution in [-0.4, -0.2) is 57.5 Å². The second-order valence-corrected chi connectivity index (χ2v) is 8.12. The number of nitrogens with one attached hydrogen (secondary N) is 1. The summed E-state index contributed by atoms with van der Waals surface area (Å²) in [5, 5.41) is 13.6. The van der Waals surface area contributed by atoms with Crippen molar-refractivity contribution in [1.82, 2.24) is 10.2 Å². The first-order valence-electron chi connectivity index (χ1n) is 8.29. The van der Waals surface area contributed by atoms with Crippen LogP contribution in [0.5, 0.6) is 0 Å². The highest BCUT2D eigenvalue weighted by Gasteiger charge is 2.54. The summed E-state index contributed by atoms with van der Waals surface area (Å²) in [6, 6.07) is 2.93. The van der Waals surface area contributed by atoms with Gasteiger partial charge in [-0.05, 0) is 11.4 Å². The Bertz CT molecular complexity index is 804. The van der Waals surface area contributed by atoms with E-state index in [2.05, 4.69) is 5.32 Å². The number of aliphatic carboxylic acids is 1. The zero-order valence-corrected chi connectivity index (χ0v) is 16.1. The molecule has 144 valence electrons. The van der Waals surface area contributed by atoms with Crippen molar-refractivity contribution < 1.29 is 29.0 Å². The van der Waals surface area contributed by atoms with Gasteiger partial charge in [0.25, 0.3) is 5.91 Å². The summed E-state index contributed by atoms with van der Waals surface area (Å²) in [5.74, 6) is -2.12. The van der Waals surface area contributed by atoms with Crippen molar-refractivity contribution in [2.75, 3.05) is 12.4 Å². The number of β-lactam (4-membered cyclic amide) rings is 1. The van der Waals surface area contributed by atoms with E-state index in [1.165, 1.54) is 28.0 Å². The summed E-state index contributed by atoms with van der Waals surface area (Å²) in [7, 11) is 0. The molecule has 1 aromatic rings. The Kier molecular flexibility index (Phi) is 5.85. The fourth-order valence-electron chi connectivity index (χ4n) is 2.86. The monoisotopic (exact) mass is 410 g/mol. The lowest BCUT2D eigenvalue weighted by molar-refractivity contribution is -0.151. The molecule has 0 saturated carbocycles. The molecule has 2 N–H and O–H groups in total. The van der Waals surface area contributed by atoms with E-state index in [1.807, 2.05) is 17.5 Å². The number of amides is 2. The zero-order valence-electron chi connectivity index (χ0n) is 14.5. The molecule has 0 aromatic carbocycles. The van der Waals surface area contributed by atoms with Gasteiger partial charge in [0.2, 0.25) is 5.91 Å². The van der Waals surface area contributed by atoms with Gasteiger partial charge in [0, 0.05) is 22.6 Å². The fourth-order valence-corrected chi connectivity index (χ4v) is 4.89. The third kappa shape index (κ3) is 4.01. The Balaban J connectivity index is 1.68. The van der Waals surface area contributed by atoms with Crippen LogP contribution < -0.4 is 5.32 Å². The molecule has 1 unspecified atom stereocenters. The summed E-state index contributed by atoms with van der Waals surface area (Å²) >= 11 is 2.80. The molecule has 10 heteroatoms. The van der Waals surface area contributed by atoms with Crippen molar-refractivity contribution in [2.24, 2.45) is 0 Å². The number of esters is 1. The summed E-state index contributed by atoms with van der Waals surface area (Å²) in [6.07, 6.45) is 0.366. The van der Waals surface area contributed by atoms with Gasteiger partial charge < -0.3 is 15.2 Å². The Hall–Kier alpha value is -2.33. The molecule has 2 aliphatic heterocycles. The molecule has 0 spiro atoms. The molecule has 1 aromatic heterocycles. The summed E-state index contributed by atoms with van der Waals surface area (Å²) in [4.78, 5) is 49.7. The number of carboxylic acid groups (broad SMARTS) is 1. The fraction of sp³-hybridized carbons (Fsp3) is 0.412. The molecule has 1 fully saturated rings. The molecular formula is C17H18N2O6S2. The Morgan fingerprint density at radius 3 is 2.81 bits per heavy atom. The topological polar surface area (TPSA) is 113 Å². The lowest BCUT2D eigenvalue weighted by atomic mass is 10.0. The van der Waals surface area contributed by atoms with Gasteiger partial charge in [-0.1, -0.05) is 13.0 Å². The number of carboxylic acids is 1. The third-order valence-corrected chi connectivity index (χ3v) is 6.39. The quantitative estimate of drug-likeness (QED) is 0.509. The number of carbonyl (C=O) groups is 4. The molecule has 8 nitrogen and oxygen atoms in total. The number of hydrogen-bond donors (Lipinski definition) is 2. The molecule has 3 heterocycles. The number of thioether (sulfide) groups is 1. The average Bonchev–Trinajstić information content (AvgIpc) is 3.15. The highest BCUT2D eigenvalue weighted by atomic mass is 32.2. The van der Waals surface area contributed by atoms with Gasteiger partial charge in [-0.2, -0.15) is 0 Å². The molecule has 0 bridgehead atoms. The minimum Gasteiger partial charge on any atom is -0.477 e. The first-order valence-corrected chi connectivity index (χ1v) is 10.2. The number of rotatable bonds is 7. The second-order valence-electron chi connectivity index (χ2n) is 5.98. The summed E-state index contributed by atoms with van der Waals surface area (Å²) in [5.41, 5.74) is 0.221. The van der Waals surface area contributed by atoms with Crippen LogP contribution in [0, 0.1) is 0 Å². The van der Waals surface area contributed by atoms with Crippen LogP contribution in [0.25, 0.3) is 0 Å². The van der Waals surface area contributed by atoms with Crippen LogP contribution >= 0.6 is 23.1 Å². The standard InChI is InChI=1S/C17H18N2O6S2/c1-2-12(21)25-7-9-8-27-16-13(15(22)19(16)14(9)17(23)24)18-11(20)6-10-4-3-5-26-10/h3-5,13,16H,2,6-8H2,1H3,(H,18,20)(H,23,24)/t13?,16-/m0/s1. The number of carbonyl (C=O) groups excluding carboxylic acids is 3. The minimum atomic E-state index is -1.25. The number of nitrogens with zero attached hydrogens (tertiary/aromatic N) is 1. The van der Waals surface area contributed by atoms with Crippen molar-refractivity contribution in [3.63, 3.8) is 0 Å². The Morgan fingerprint density at radius 2 is 2.19 bits per heavy atom. The van der Waals surface area contributed by atoms with E-state index in [0.717, 1.165) is 4.88 Å². The predicted octanol–water partition coefficient (Wildman–Crippen LogP) is 0.982. The minimum absolute atomic E-state index is 0.156. The van der Waals surface area contributed by atoms with Crippen LogP contribution in [0.2, 0.25) is 0 Å². The lowest BCUT2D eigenvalue weighted by Crippen LogP contribution is -2.70. The van der Waals surface area contributed by atoms with Crippen LogP contribution in [0.1, 0.15) is 18.2 Å². The van der Waals surface area contributed by atoms with Crippen LogP contribution in [0.4, 0.5) is 0 Å². The van der Waals surface area contributed by atoms with Gasteiger partial charge in [0.1, 0.15) is 23.7 Å². The van der Waals surface area contributed by atoms with Crippen LogP contribution in [0.3, 0.4) is 0 Å². The Morgan fingerprint density at radius 1 is 1.41 bits per heavy atom. The van der Waals surface area contributed by atoms with Crippen molar-refractivity contribution in [2.45, 2.75) is 31.2 Å². The molecular weight excluding hydrogens is 392 g/mol. The number of hydrogen-bond acceptors (Lipinski definition) is 7. The van der Waals surface area contributed by atoms with Gasteiger partial charge in [0.15, 0.2) is 0 Å². The normalized spacial score (nSPS) is 21.4. The average molecular weight is 410 g/mol. The Labute approximate surface area is 163 Å². The van der Waals surface area contributed by atoms with E-state index in [9.17, 15) is 24.3 Å². The SMILES string of the molecule is CCC(=O)OCC1=C(C(=O)O)N2C(=O)C(NC(=O)Cc3cccs3)[C@@H]2SC1. The number of ether oxygens (including phenoxy) is 1. The van der Waals surface area contributed by atoms with Crippen molar-refractivity contribution in [3.05, 3.63) is 33.7 Å². The molecule has 2 atom stereocenters. The van der Waals surface area contributed by atoms with E-state index >= 15 is 0 Å². The molecule has 2 amide bonds. The third-order valence-electron chi connectivity index (χ3n) is 4.18. The second kappa shape index (κ2) is 8.13. The number of fused-ring (bicyclic) bond motifs is 1. The van der Waals surface area contributed by atoms with E-state index in [0.29, 0.717) is 11.3 Å². The van der Waals surface area contributed by atoms with Crippen LogP contribution in [0.15, 0.2) is 28.8 Å². The van der Waals surface area contributed by atoms with Crippen molar-refractivity contribution in [3.8, 4) is 0 Å². The molecule has 2 aliphatic rings. The zero-order chi connectivity index (χ0) is 19.6. The van der Waals surface area contributed by atoms with E-state index in [4.69, 9.17) is 4.74 Å². The molecule has 3 rings (SSSR count). The highest BCUT2D eigenvalue weighted by Crippen LogP contribution is 2.40. The summed E-state index contributed by atoms with van der Waals surface area (Å²) in [6.45, 7) is 1.48. The van der Waals surface area contributed by atoms with E-state index in [1.54, 1.807) is 6.92 Å². The van der Waals surface area contributed by atoms with Crippen LogP contribution in [-0.2, 0) is 30.3 Å². The van der Waals surface area contributed by atoms with Gasteiger partial charge in [-0.3, -0.25) is 19.3 Å². The summed E-state index contributed by atoms with van der Waals surface area (Å²) < 4.78 is 5.02. The van der Waals surface area contributed by atoms with E-state index < -0.39 is 29.3 Å². The maximum absolute atomic E-state index is 12.5. The molecule has 27 heavy (non-hydrogen) atoms. The maximum Gasteiger partial charge on any atom is 0.352 e. The highest BCUT2D eigenvalue weighted by molar-refractivity contribution is 8.00. The largest absolute Gasteiger partial charge is 0.477 e. The first kappa shape index (κ1) is 19.4.